The Balaban J connectivity index is 1.99. The molecule has 0 aliphatic rings. The van der Waals surface area contributed by atoms with Gasteiger partial charge in [-0.1, -0.05) is 0 Å². The SMILES string of the molecule is COc1ccc2c(C(=O)c3cc(OC)c(OC)c(OC)c3)c(-c3ccc(OC)c([N+](=O)[O-])c3)[nH]c2c1. The van der Waals surface area contributed by atoms with Crippen molar-refractivity contribution in [3.63, 3.8) is 0 Å². The standard InChI is InChI=1S/C26H24N2O8/c1-32-16-7-8-17-18(13-16)27-24(14-6-9-20(33-2)19(10-14)28(30)31)23(17)25(29)15-11-21(34-3)26(36-5)22(12-15)35-4/h6-13,27H,1-5H3. The van der Waals surface area contributed by atoms with Gasteiger partial charge in [-0.05, 0) is 36.4 Å². The zero-order valence-electron chi connectivity index (χ0n) is 20.3. The average molecular weight is 492 g/mol. The van der Waals surface area contributed by atoms with Crippen molar-refractivity contribution in [3.8, 4) is 40.0 Å². The van der Waals surface area contributed by atoms with E-state index in [4.69, 9.17) is 23.7 Å². The van der Waals surface area contributed by atoms with Gasteiger partial charge in [-0.2, -0.15) is 0 Å². The fourth-order valence-corrected chi connectivity index (χ4v) is 4.10. The summed E-state index contributed by atoms with van der Waals surface area (Å²) < 4.78 is 26.7. The van der Waals surface area contributed by atoms with Crippen LogP contribution in [-0.2, 0) is 0 Å². The number of nitrogens with zero attached hydrogens (tertiary/aromatic N) is 1. The summed E-state index contributed by atoms with van der Waals surface area (Å²) in [5.74, 6) is 1.35. The fourth-order valence-electron chi connectivity index (χ4n) is 4.10. The number of ketones is 1. The third kappa shape index (κ3) is 4.13. The topological polar surface area (TPSA) is 122 Å². The molecule has 1 N–H and O–H groups in total. The van der Waals surface area contributed by atoms with Crippen molar-refractivity contribution >= 4 is 22.4 Å². The zero-order valence-corrected chi connectivity index (χ0v) is 20.3. The van der Waals surface area contributed by atoms with Crippen LogP contribution in [0.4, 0.5) is 5.69 Å². The van der Waals surface area contributed by atoms with Gasteiger partial charge in [-0.25, -0.2) is 0 Å². The van der Waals surface area contributed by atoms with E-state index >= 15 is 0 Å². The third-order valence-electron chi connectivity index (χ3n) is 5.82. The first-order valence-electron chi connectivity index (χ1n) is 10.7. The number of benzene rings is 3. The largest absolute Gasteiger partial charge is 0.497 e. The fraction of sp³-hybridized carbons (Fsp3) is 0.192. The van der Waals surface area contributed by atoms with Crippen LogP contribution in [0.3, 0.4) is 0 Å². The number of hydrogen-bond acceptors (Lipinski definition) is 8. The molecule has 1 aromatic heterocycles. The Hall–Kier alpha value is -4.73. The molecule has 0 bridgehead atoms. The van der Waals surface area contributed by atoms with E-state index < -0.39 is 4.92 Å². The van der Waals surface area contributed by atoms with E-state index in [9.17, 15) is 14.9 Å². The summed E-state index contributed by atoms with van der Waals surface area (Å²) in [4.78, 5) is 28.3. The van der Waals surface area contributed by atoms with E-state index in [-0.39, 0.29) is 22.8 Å². The summed E-state index contributed by atoms with van der Waals surface area (Å²) >= 11 is 0. The highest BCUT2D eigenvalue weighted by Crippen LogP contribution is 2.41. The van der Waals surface area contributed by atoms with Crippen LogP contribution in [0.15, 0.2) is 48.5 Å². The van der Waals surface area contributed by atoms with Gasteiger partial charge in [0, 0.05) is 28.6 Å². The molecule has 0 aliphatic carbocycles. The van der Waals surface area contributed by atoms with Crippen LogP contribution in [0.2, 0.25) is 0 Å². The lowest BCUT2D eigenvalue weighted by atomic mass is 9.96. The molecular weight excluding hydrogens is 468 g/mol. The number of H-pyrrole nitrogens is 1. The Morgan fingerprint density at radius 2 is 1.47 bits per heavy atom. The van der Waals surface area contributed by atoms with Gasteiger partial charge in [0.15, 0.2) is 23.0 Å². The summed E-state index contributed by atoms with van der Waals surface area (Å²) in [6.07, 6.45) is 0. The Labute approximate surface area is 206 Å². The summed E-state index contributed by atoms with van der Waals surface area (Å²) in [7, 11) is 7.30. The van der Waals surface area contributed by atoms with Crippen LogP contribution < -0.4 is 23.7 Å². The van der Waals surface area contributed by atoms with E-state index in [1.54, 1.807) is 43.5 Å². The second kappa shape index (κ2) is 9.87. The molecular formula is C26H24N2O8. The quantitative estimate of drug-likeness (QED) is 0.196. The van der Waals surface area contributed by atoms with E-state index in [0.29, 0.717) is 50.7 Å². The number of hydrogen-bond donors (Lipinski definition) is 1. The van der Waals surface area contributed by atoms with Crippen molar-refractivity contribution in [2.24, 2.45) is 0 Å². The van der Waals surface area contributed by atoms with Crippen molar-refractivity contribution in [1.82, 2.24) is 4.98 Å². The van der Waals surface area contributed by atoms with Crippen LogP contribution in [0.5, 0.6) is 28.7 Å². The van der Waals surface area contributed by atoms with Crippen molar-refractivity contribution in [2.75, 3.05) is 35.5 Å². The summed E-state index contributed by atoms with van der Waals surface area (Å²) in [6, 6.07) is 12.9. The van der Waals surface area contributed by atoms with Crippen LogP contribution >= 0.6 is 0 Å². The highest BCUT2D eigenvalue weighted by Gasteiger charge is 2.26. The number of methoxy groups -OCH3 is 5. The molecule has 4 rings (SSSR count). The molecule has 0 fully saturated rings. The molecule has 0 atom stereocenters. The predicted octanol–water partition coefficient (Wildman–Crippen LogP) is 5.02. The molecule has 1 heterocycles. The van der Waals surface area contributed by atoms with Gasteiger partial charge in [0.05, 0.1) is 57.2 Å². The lowest BCUT2D eigenvalue weighted by Gasteiger charge is -2.14. The first-order chi connectivity index (χ1) is 17.4. The monoisotopic (exact) mass is 492 g/mol. The van der Waals surface area contributed by atoms with Gasteiger partial charge in [-0.3, -0.25) is 14.9 Å². The molecule has 186 valence electrons. The number of carbonyl (C=O) groups excluding carboxylic acids is 1. The zero-order chi connectivity index (χ0) is 26.0. The van der Waals surface area contributed by atoms with Crippen LogP contribution in [0.1, 0.15) is 15.9 Å². The maximum absolute atomic E-state index is 14.0. The number of aromatic nitrogens is 1. The van der Waals surface area contributed by atoms with Crippen molar-refractivity contribution in [3.05, 3.63) is 69.8 Å². The molecule has 10 heteroatoms. The molecule has 3 aromatic carbocycles. The number of fused-ring (bicyclic) bond motifs is 1. The first-order valence-corrected chi connectivity index (χ1v) is 10.7. The van der Waals surface area contributed by atoms with Gasteiger partial charge in [0.1, 0.15) is 5.75 Å². The first kappa shape index (κ1) is 24.4. The van der Waals surface area contributed by atoms with Crippen LogP contribution in [0, 0.1) is 10.1 Å². The van der Waals surface area contributed by atoms with Gasteiger partial charge < -0.3 is 28.7 Å². The van der Waals surface area contributed by atoms with Gasteiger partial charge in [0.2, 0.25) is 5.75 Å². The summed E-state index contributed by atoms with van der Waals surface area (Å²) in [5, 5.41) is 12.3. The highest BCUT2D eigenvalue weighted by atomic mass is 16.6. The Kier molecular flexibility index (Phi) is 6.69. The number of aromatic amines is 1. The van der Waals surface area contributed by atoms with E-state index in [0.717, 1.165) is 0 Å². The molecule has 0 aliphatic heterocycles. The Bertz CT molecular complexity index is 1450. The summed E-state index contributed by atoms with van der Waals surface area (Å²) in [5.41, 5.74) is 1.85. The lowest BCUT2D eigenvalue weighted by Crippen LogP contribution is -2.05. The van der Waals surface area contributed by atoms with Crippen LogP contribution in [-0.4, -0.2) is 51.2 Å². The minimum Gasteiger partial charge on any atom is -0.497 e. The van der Waals surface area contributed by atoms with Crippen molar-refractivity contribution < 1.29 is 33.4 Å². The number of ether oxygens (including phenoxy) is 5. The third-order valence-corrected chi connectivity index (χ3v) is 5.82. The molecule has 0 saturated carbocycles. The maximum Gasteiger partial charge on any atom is 0.311 e. The van der Waals surface area contributed by atoms with Gasteiger partial charge >= 0.3 is 5.69 Å². The Morgan fingerprint density at radius 1 is 0.806 bits per heavy atom. The number of nitrogens with one attached hydrogen (secondary N) is 1. The van der Waals surface area contributed by atoms with Gasteiger partial charge in [0.25, 0.3) is 0 Å². The lowest BCUT2D eigenvalue weighted by molar-refractivity contribution is -0.385. The molecule has 0 saturated heterocycles. The molecule has 36 heavy (non-hydrogen) atoms. The van der Waals surface area contributed by atoms with E-state index in [1.165, 1.54) is 40.6 Å². The number of rotatable bonds is 9. The van der Waals surface area contributed by atoms with Gasteiger partial charge in [-0.15, -0.1) is 0 Å². The number of carbonyl (C=O) groups is 1. The molecule has 10 nitrogen and oxygen atoms in total. The normalized spacial score (nSPS) is 10.7. The van der Waals surface area contributed by atoms with E-state index in [2.05, 4.69) is 4.98 Å². The molecule has 4 aromatic rings. The maximum atomic E-state index is 14.0. The minimum absolute atomic E-state index is 0.110. The molecule has 0 radical (unpaired) electrons. The van der Waals surface area contributed by atoms with Crippen molar-refractivity contribution in [2.45, 2.75) is 0 Å². The van der Waals surface area contributed by atoms with Crippen LogP contribution in [0.25, 0.3) is 22.2 Å². The average Bonchev–Trinajstić information content (AvgIpc) is 3.29. The molecule has 0 spiro atoms. The highest BCUT2D eigenvalue weighted by molar-refractivity contribution is 6.20. The number of nitro benzene ring substituents is 1. The summed E-state index contributed by atoms with van der Waals surface area (Å²) in [6.45, 7) is 0. The predicted molar refractivity (Wildman–Crippen MR) is 133 cm³/mol. The molecule has 0 unspecified atom stereocenters. The Morgan fingerprint density at radius 3 is 2.03 bits per heavy atom. The number of nitro groups is 1. The smallest absolute Gasteiger partial charge is 0.311 e. The minimum atomic E-state index is -0.533. The van der Waals surface area contributed by atoms with E-state index in [1.807, 2.05) is 0 Å². The second-order valence-electron chi connectivity index (χ2n) is 7.67. The molecule has 0 amide bonds. The second-order valence-corrected chi connectivity index (χ2v) is 7.67. The van der Waals surface area contributed by atoms with Crippen molar-refractivity contribution in [1.29, 1.82) is 0 Å².